The van der Waals surface area contributed by atoms with Crippen molar-refractivity contribution < 1.29 is 19.1 Å². The summed E-state index contributed by atoms with van der Waals surface area (Å²) in [6.07, 6.45) is 0.866. The zero-order valence-corrected chi connectivity index (χ0v) is 17.1. The number of benzene rings is 1. The van der Waals surface area contributed by atoms with Crippen LogP contribution in [0.25, 0.3) is 0 Å². The monoisotopic (exact) mass is 389 g/mol. The van der Waals surface area contributed by atoms with E-state index in [0.717, 1.165) is 36.6 Å². The van der Waals surface area contributed by atoms with E-state index in [1.807, 2.05) is 23.1 Å². The third-order valence-corrected chi connectivity index (χ3v) is 5.30. The summed E-state index contributed by atoms with van der Waals surface area (Å²) in [6.45, 7) is 10.2. The van der Waals surface area contributed by atoms with Gasteiger partial charge in [-0.15, -0.1) is 0 Å². The van der Waals surface area contributed by atoms with Gasteiger partial charge in [-0.3, -0.25) is 14.5 Å². The number of hydrogen-bond donors (Lipinski definition) is 1. The number of carbonyl (C=O) groups is 2. The van der Waals surface area contributed by atoms with Gasteiger partial charge in [-0.1, -0.05) is 19.9 Å². The van der Waals surface area contributed by atoms with Crippen LogP contribution in [0.3, 0.4) is 0 Å². The number of nitrogens with one attached hydrogen (secondary N) is 1. The first-order chi connectivity index (χ1) is 13.4. The third-order valence-electron chi connectivity index (χ3n) is 5.30. The Morgan fingerprint density at radius 1 is 1.07 bits per heavy atom. The highest BCUT2D eigenvalue weighted by molar-refractivity contribution is 5.78. The average Bonchev–Trinajstić information content (AvgIpc) is 2.91. The fourth-order valence-electron chi connectivity index (χ4n) is 3.65. The van der Waals surface area contributed by atoms with Crippen LogP contribution < -0.4 is 14.8 Å². The molecule has 2 aliphatic rings. The lowest BCUT2D eigenvalue weighted by atomic mass is 9.95. The van der Waals surface area contributed by atoms with Crippen molar-refractivity contribution in [2.75, 3.05) is 45.9 Å². The molecule has 0 aromatic heterocycles. The summed E-state index contributed by atoms with van der Waals surface area (Å²) in [5.41, 5.74) is 1.02. The average molecular weight is 389 g/mol. The zero-order valence-electron chi connectivity index (χ0n) is 17.1. The van der Waals surface area contributed by atoms with E-state index < -0.39 is 0 Å². The number of carbonyl (C=O) groups excluding carboxylic acids is 2. The fraction of sp³-hybridized carbons (Fsp3) is 0.619. The van der Waals surface area contributed by atoms with E-state index in [4.69, 9.17) is 9.47 Å². The van der Waals surface area contributed by atoms with E-state index in [2.05, 4.69) is 24.1 Å². The van der Waals surface area contributed by atoms with E-state index in [1.165, 1.54) is 0 Å². The smallest absolute Gasteiger partial charge is 0.234 e. The predicted octanol–water partition coefficient (Wildman–Crippen LogP) is 1.83. The van der Waals surface area contributed by atoms with Crippen LogP contribution in [0.15, 0.2) is 18.2 Å². The maximum Gasteiger partial charge on any atom is 0.234 e. The van der Waals surface area contributed by atoms with Crippen LogP contribution in [0.5, 0.6) is 11.5 Å². The Kier molecular flexibility index (Phi) is 6.78. The van der Waals surface area contributed by atoms with E-state index in [0.29, 0.717) is 32.8 Å². The molecule has 0 aliphatic carbocycles. The number of hydrogen-bond acceptors (Lipinski definition) is 5. The van der Waals surface area contributed by atoms with Crippen LogP contribution >= 0.6 is 0 Å². The molecule has 1 atom stereocenters. The molecule has 2 aliphatic heterocycles. The molecule has 2 amide bonds. The second kappa shape index (κ2) is 9.28. The van der Waals surface area contributed by atoms with Crippen molar-refractivity contribution in [3.05, 3.63) is 23.8 Å². The molecule has 1 N–H and O–H groups in total. The van der Waals surface area contributed by atoms with Gasteiger partial charge in [-0.2, -0.15) is 0 Å². The first-order valence-electron chi connectivity index (χ1n) is 10.1. The Bertz CT molecular complexity index is 699. The molecule has 7 nitrogen and oxygen atoms in total. The van der Waals surface area contributed by atoms with Gasteiger partial charge < -0.3 is 19.7 Å². The summed E-state index contributed by atoms with van der Waals surface area (Å²) in [6, 6.07) is 5.82. The maximum absolute atomic E-state index is 12.7. The summed E-state index contributed by atoms with van der Waals surface area (Å²) in [7, 11) is 0. The van der Waals surface area contributed by atoms with Crippen molar-refractivity contribution in [3.63, 3.8) is 0 Å². The van der Waals surface area contributed by atoms with Gasteiger partial charge in [0.05, 0.1) is 25.8 Å². The zero-order chi connectivity index (χ0) is 20.1. The minimum Gasteiger partial charge on any atom is -0.490 e. The van der Waals surface area contributed by atoms with Crippen LogP contribution in [0.2, 0.25) is 0 Å². The van der Waals surface area contributed by atoms with Gasteiger partial charge in [0.25, 0.3) is 0 Å². The van der Waals surface area contributed by atoms with Crippen LogP contribution in [0.4, 0.5) is 0 Å². The third kappa shape index (κ3) is 5.16. The van der Waals surface area contributed by atoms with Crippen LogP contribution in [0.1, 0.15) is 38.8 Å². The van der Waals surface area contributed by atoms with Crippen molar-refractivity contribution in [3.8, 4) is 11.5 Å². The molecule has 0 radical (unpaired) electrons. The van der Waals surface area contributed by atoms with E-state index in [1.54, 1.807) is 6.92 Å². The van der Waals surface area contributed by atoms with Gasteiger partial charge in [0.15, 0.2) is 11.5 Å². The normalized spacial score (nSPS) is 18.5. The molecular weight excluding hydrogens is 358 g/mol. The van der Waals surface area contributed by atoms with E-state index in [9.17, 15) is 9.59 Å². The first-order valence-corrected chi connectivity index (χ1v) is 10.1. The van der Waals surface area contributed by atoms with E-state index >= 15 is 0 Å². The topological polar surface area (TPSA) is 71.1 Å². The predicted molar refractivity (Wildman–Crippen MR) is 106 cm³/mol. The van der Waals surface area contributed by atoms with Gasteiger partial charge in [0.1, 0.15) is 0 Å². The van der Waals surface area contributed by atoms with Crippen molar-refractivity contribution in [1.82, 2.24) is 15.1 Å². The molecule has 0 spiro atoms. The minimum absolute atomic E-state index is 0.00193. The van der Waals surface area contributed by atoms with Crippen LogP contribution in [-0.2, 0) is 9.59 Å². The molecule has 0 bridgehead atoms. The Morgan fingerprint density at radius 2 is 1.75 bits per heavy atom. The van der Waals surface area contributed by atoms with Gasteiger partial charge in [-0.05, 0) is 23.6 Å². The van der Waals surface area contributed by atoms with Crippen molar-refractivity contribution >= 4 is 11.8 Å². The SMILES string of the molecule is CC(=O)N1CCN(CC(=O)N[C@@H](c2ccc3c(c2)OCCCO3)C(C)C)CC1. The summed E-state index contributed by atoms with van der Waals surface area (Å²) >= 11 is 0. The number of piperazine rings is 1. The fourth-order valence-corrected chi connectivity index (χ4v) is 3.65. The molecule has 28 heavy (non-hydrogen) atoms. The summed E-state index contributed by atoms with van der Waals surface area (Å²) in [5.74, 6) is 1.84. The van der Waals surface area contributed by atoms with Crippen molar-refractivity contribution in [1.29, 1.82) is 0 Å². The summed E-state index contributed by atoms with van der Waals surface area (Å²) < 4.78 is 11.5. The number of ether oxygens (including phenoxy) is 2. The van der Waals surface area contributed by atoms with Crippen LogP contribution in [-0.4, -0.2) is 67.6 Å². The maximum atomic E-state index is 12.7. The Labute approximate surface area is 167 Å². The molecule has 0 unspecified atom stereocenters. The number of amides is 2. The Morgan fingerprint density at radius 3 is 2.39 bits per heavy atom. The Hall–Kier alpha value is -2.28. The molecule has 1 saturated heterocycles. The Balaban J connectivity index is 1.61. The molecule has 0 saturated carbocycles. The molecule has 154 valence electrons. The van der Waals surface area contributed by atoms with E-state index in [-0.39, 0.29) is 23.8 Å². The molecular formula is C21H31N3O4. The van der Waals surface area contributed by atoms with Crippen molar-refractivity contribution in [2.24, 2.45) is 5.92 Å². The number of fused-ring (bicyclic) bond motifs is 1. The number of nitrogens with zero attached hydrogens (tertiary/aromatic N) is 2. The molecule has 2 heterocycles. The molecule has 1 aromatic carbocycles. The minimum atomic E-state index is -0.0943. The van der Waals surface area contributed by atoms with Gasteiger partial charge in [0, 0.05) is 39.5 Å². The molecule has 1 aromatic rings. The van der Waals surface area contributed by atoms with Gasteiger partial charge in [-0.25, -0.2) is 0 Å². The van der Waals surface area contributed by atoms with Gasteiger partial charge in [0.2, 0.25) is 11.8 Å². The summed E-state index contributed by atoms with van der Waals surface area (Å²) in [4.78, 5) is 28.0. The lowest BCUT2D eigenvalue weighted by molar-refractivity contribution is -0.131. The highest BCUT2D eigenvalue weighted by Crippen LogP contribution is 2.34. The summed E-state index contributed by atoms with van der Waals surface area (Å²) in [5, 5.41) is 3.18. The molecule has 3 rings (SSSR count). The lowest BCUT2D eigenvalue weighted by Gasteiger charge is -2.34. The molecule has 1 fully saturated rings. The quantitative estimate of drug-likeness (QED) is 0.832. The number of rotatable bonds is 5. The van der Waals surface area contributed by atoms with Crippen molar-refractivity contribution in [2.45, 2.75) is 33.2 Å². The largest absolute Gasteiger partial charge is 0.490 e. The second-order valence-electron chi connectivity index (χ2n) is 7.83. The highest BCUT2D eigenvalue weighted by Gasteiger charge is 2.24. The second-order valence-corrected chi connectivity index (χ2v) is 7.83. The first kappa shape index (κ1) is 20.5. The van der Waals surface area contributed by atoms with Crippen LogP contribution in [0, 0.1) is 5.92 Å². The van der Waals surface area contributed by atoms with Gasteiger partial charge >= 0.3 is 0 Å². The molecule has 7 heteroatoms. The standard InChI is InChI=1S/C21H31N3O4/c1-15(2)21(17-5-6-18-19(13-17)28-12-4-11-27-18)22-20(26)14-23-7-9-24(10-8-23)16(3)25/h5-6,13,15,21H,4,7-12,14H2,1-3H3,(H,22,26)/t21-/m1/s1. The lowest BCUT2D eigenvalue weighted by Crippen LogP contribution is -2.51. The highest BCUT2D eigenvalue weighted by atomic mass is 16.5.